The minimum atomic E-state index is -1.77. The van der Waals surface area contributed by atoms with Crippen molar-refractivity contribution in [3.8, 4) is 0 Å². The van der Waals surface area contributed by atoms with Crippen LogP contribution in [0.5, 0.6) is 0 Å². The molecule has 1 aromatic carbocycles. The van der Waals surface area contributed by atoms with Gasteiger partial charge in [0.1, 0.15) is 8.24 Å². The summed E-state index contributed by atoms with van der Waals surface area (Å²) in [6.07, 6.45) is 26.2. The molecule has 3 heteroatoms. The van der Waals surface area contributed by atoms with Gasteiger partial charge in [-0.25, -0.2) is 0 Å². The zero-order valence-corrected chi connectivity index (χ0v) is 19.4. The first-order valence-electron chi connectivity index (χ1n) is 11.8. The molecule has 4 aliphatic carbocycles. The Hall–Kier alpha value is -2.20. The summed E-state index contributed by atoms with van der Waals surface area (Å²) in [5.74, 6) is 2.62. The molecule has 1 N–H and O–H groups in total. The van der Waals surface area contributed by atoms with Crippen LogP contribution in [0.25, 0.3) is 5.57 Å². The molecule has 5 unspecified atom stereocenters. The van der Waals surface area contributed by atoms with Gasteiger partial charge >= 0.3 is 0 Å². The second kappa shape index (κ2) is 7.44. The molecule has 0 aromatic heterocycles. The smallest absolute Gasteiger partial charge is 0.128 e. The molecular formula is C28H32N2Si. The molecule has 1 saturated heterocycles. The van der Waals surface area contributed by atoms with E-state index >= 15 is 0 Å². The largest absolute Gasteiger partial charge is 0.304 e. The molecule has 2 nitrogen and oxygen atoms in total. The third kappa shape index (κ3) is 2.98. The first-order valence-corrected chi connectivity index (χ1v) is 14.8. The van der Waals surface area contributed by atoms with Gasteiger partial charge in [-0.15, -0.1) is 0 Å². The van der Waals surface area contributed by atoms with Gasteiger partial charge < -0.3 is 4.57 Å². The first-order chi connectivity index (χ1) is 15.2. The maximum Gasteiger partial charge on any atom is 0.128 e. The Labute approximate surface area is 187 Å². The Balaban J connectivity index is 1.33. The molecule has 5 aliphatic rings. The molecule has 0 radical (unpaired) electrons. The summed E-state index contributed by atoms with van der Waals surface area (Å²) < 4.78 is 2.88. The number of rotatable bonds is 3. The third-order valence-corrected chi connectivity index (χ3v) is 12.8. The average molecular weight is 425 g/mol. The van der Waals surface area contributed by atoms with E-state index in [2.05, 4.69) is 120 Å². The van der Waals surface area contributed by atoms with Crippen molar-refractivity contribution in [1.82, 2.24) is 9.88 Å². The second-order valence-corrected chi connectivity index (χ2v) is 14.8. The van der Waals surface area contributed by atoms with Crippen LogP contribution in [0.4, 0.5) is 0 Å². The van der Waals surface area contributed by atoms with Crippen molar-refractivity contribution >= 4 is 13.8 Å². The quantitative estimate of drug-likeness (QED) is 0.641. The normalized spacial score (nSPS) is 38.1. The molecule has 6 atom stereocenters. The van der Waals surface area contributed by atoms with Gasteiger partial charge in [-0.2, -0.15) is 0 Å². The van der Waals surface area contributed by atoms with Gasteiger partial charge in [0.05, 0.1) is 6.04 Å². The molecule has 1 heterocycles. The summed E-state index contributed by atoms with van der Waals surface area (Å²) in [4.78, 5) is 0. The lowest BCUT2D eigenvalue weighted by atomic mass is 9.83. The average Bonchev–Trinajstić information content (AvgIpc) is 3.40. The number of allylic oxidation sites excluding steroid dienone is 10. The highest BCUT2D eigenvalue weighted by Crippen LogP contribution is 2.59. The number of benzene rings is 1. The fourth-order valence-corrected chi connectivity index (χ4v) is 11.6. The van der Waals surface area contributed by atoms with E-state index in [-0.39, 0.29) is 0 Å². The molecule has 0 bridgehead atoms. The highest BCUT2D eigenvalue weighted by atomic mass is 28.3. The van der Waals surface area contributed by atoms with E-state index in [9.17, 15) is 0 Å². The van der Waals surface area contributed by atoms with Gasteiger partial charge in [-0.1, -0.05) is 110 Å². The van der Waals surface area contributed by atoms with Gasteiger partial charge in [0.15, 0.2) is 0 Å². The van der Waals surface area contributed by atoms with E-state index in [1.54, 1.807) is 0 Å². The summed E-state index contributed by atoms with van der Waals surface area (Å²) in [7, 11) is -1.77. The van der Waals surface area contributed by atoms with Gasteiger partial charge in [-0.3, -0.25) is 5.32 Å². The van der Waals surface area contributed by atoms with E-state index in [0.717, 1.165) is 12.2 Å². The molecule has 1 saturated carbocycles. The second-order valence-electron chi connectivity index (χ2n) is 10.2. The summed E-state index contributed by atoms with van der Waals surface area (Å²) in [6.45, 7) is 6.26. The minimum Gasteiger partial charge on any atom is -0.304 e. The maximum atomic E-state index is 3.91. The molecule has 0 amide bonds. The van der Waals surface area contributed by atoms with Crippen molar-refractivity contribution in [3.05, 3.63) is 103 Å². The van der Waals surface area contributed by atoms with Crippen molar-refractivity contribution in [2.24, 2.45) is 23.7 Å². The van der Waals surface area contributed by atoms with E-state index in [1.807, 2.05) is 0 Å². The molecule has 1 aliphatic heterocycles. The molecule has 6 rings (SSSR count). The van der Waals surface area contributed by atoms with Crippen LogP contribution in [0.2, 0.25) is 18.6 Å². The predicted octanol–water partition coefficient (Wildman–Crippen LogP) is 5.55. The molecule has 2 fully saturated rings. The molecule has 0 spiro atoms. The molecule has 1 aromatic rings. The van der Waals surface area contributed by atoms with Crippen LogP contribution in [0.15, 0.2) is 97.2 Å². The Bertz CT molecular complexity index is 994. The van der Waals surface area contributed by atoms with Crippen LogP contribution in [0.3, 0.4) is 0 Å². The molecule has 31 heavy (non-hydrogen) atoms. The lowest BCUT2D eigenvalue weighted by molar-refractivity contribution is 0.409. The van der Waals surface area contributed by atoms with Crippen LogP contribution < -0.4 is 5.32 Å². The summed E-state index contributed by atoms with van der Waals surface area (Å²) in [6, 6.07) is 11.7. The Morgan fingerprint density at radius 1 is 0.774 bits per heavy atom. The zero-order chi connectivity index (χ0) is 21.0. The third-order valence-electron chi connectivity index (χ3n) is 8.48. The standard InChI is InChI=1S/C28H32N2Si/c1-31(2,28-24-15-8-6-13-22(24)23-14-7-9-16-25(23)28)30-19-29-27-21(17-10-18-26(27)30)20-11-4-3-5-12-20/h3-18,22-29H,19H2,1-2H3/t22?,23?,24?,25?,26-,27?,28?/m1/s1. The predicted molar refractivity (Wildman–Crippen MR) is 133 cm³/mol. The number of nitrogens with zero attached hydrogens (tertiary/aromatic N) is 1. The summed E-state index contributed by atoms with van der Waals surface area (Å²) in [5.41, 5.74) is 3.51. The van der Waals surface area contributed by atoms with E-state index in [4.69, 9.17) is 0 Å². The highest BCUT2D eigenvalue weighted by Gasteiger charge is 2.57. The Morgan fingerprint density at radius 2 is 1.39 bits per heavy atom. The van der Waals surface area contributed by atoms with Crippen molar-refractivity contribution in [1.29, 1.82) is 0 Å². The van der Waals surface area contributed by atoms with Crippen molar-refractivity contribution in [3.63, 3.8) is 0 Å². The SMILES string of the molecule is C[Si](C)(C1C2C=CC=CC2C2C=CC=CC21)N1CNC2C(c3ccccc3)=CC=C[C@H]21. The van der Waals surface area contributed by atoms with Crippen LogP contribution in [-0.2, 0) is 0 Å². The summed E-state index contributed by atoms with van der Waals surface area (Å²) in [5, 5.41) is 3.91. The zero-order valence-electron chi connectivity index (χ0n) is 18.4. The minimum absolute atomic E-state index is 0.385. The number of nitrogens with one attached hydrogen (secondary N) is 1. The molecule has 158 valence electrons. The van der Waals surface area contributed by atoms with Gasteiger partial charge in [0.2, 0.25) is 0 Å². The Morgan fingerprint density at radius 3 is 2.03 bits per heavy atom. The number of hydrogen-bond donors (Lipinski definition) is 1. The van der Waals surface area contributed by atoms with Crippen molar-refractivity contribution in [2.75, 3.05) is 6.67 Å². The van der Waals surface area contributed by atoms with Gasteiger partial charge in [0.25, 0.3) is 0 Å². The monoisotopic (exact) mass is 424 g/mol. The highest BCUT2D eigenvalue weighted by molar-refractivity contribution is 6.76. The number of hydrogen-bond acceptors (Lipinski definition) is 2. The van der Waals surface area contributed by atoms with Gasteiger partial charge in [0, 0.05) is 12.7 Å². The number of fused-ring (bicyclic) bond motifs is 4. The lowest BCUT2D eigenvalue weighted by Gasteiger charge is -2.46. The van der Waals surface area contributed by atoms with Crippen molar-refractivity contribution < 1.29 is 0 Å². The lowest BCUT2D eigenvalue weighted by Crippen LogP contribution is -2.57. The summed E-state index contributed by atoms with van der Waals surface area (Å²) >= 11 is 0. The topological polar surface area (TPSA) is 15.3 Å². The van der Waals surface area contributed by atoms with E-state index in [0.29, 0.717) is 35.8 Å². The van der Waals surface area contributed by atoms with Crippen molar-refractivity contribution in [2.45, 2.75) is 30.7 Å². The fourth-order valence-electron chi connectivity index (χ4n) is 7.14. The molecular weight excluding hydrogens is 392 g/mol. The van der Waals surface area contributed by atoms with Gasteiger partial charge in [-0.05, 0) is 40.3 Å². The van der Waals surface area contributed by atoms with Crippen LogP contribution in [0.1, 0.15) is 5.56 Å². The first kappa shape index (κ1) is 19.5. The van der Waals surface area contributed by atoms with E-state index < -0.39 is 8.24 Å². The van der Waals surface area contributed by atoms with Crippen LogP contribution >= 0.6 is 0 Å². The van der Waals surface area contributed by atoms with Crippen LogP contribution in [-0.4, -0.2) is 31.6 Å². The fraction of sp³-hybridized carbons (Fsp3) is 0.357. The maximum absolute atomic E-state index is 3.91. The Kier molecular flexibility index (Phi) is 4.67. The van der Waals surface area contributed by atoms with E-state index in [1.165, 1.54) is 11.1 Å². The van der Waals surface area contributed by atoms with Crippen LogP contribution in [0, 0.1) is 23.7 Å².